The number of benzene rings is 2. The number of nitrogens with zero attached hydrogens (tertiary/aromatic N) is 2. The molecule has 0 bridgehead atoms. The molecule has 2 aromatic carbocycles. The predicted octanol–water partition coefficient (Wildman–Crippen LogP) is 2.41. The third-order valence-electron chi connectivity index (χ3n) is 7.38. The molecule has 4 nitrogen and oxygen atoms in total. The van der Waals surface area contributed by atoms with Crippen LogP contribution in [0.4, 0.5) is 11.4 Å². The Balaban J connectivity index is 0.00000533. The maximum Gasteiger partial charge on any atom is 2.00 e. The summed E-state index contributed by atoms with van der Waals surface area (Å²) in [5, 5.41) is 7.59. The second-order valence-electron chi connectivity index (χ2n) is 11.8. The Morgan fingerprint density at radius 3 is 1.66 bits per heavy atom. The van der Waals surface area contributed by atoms with E-state index in [-0.39, 0.29) is 50.7 Å². The van der Waals surface area contributed by atoms with Crippen LogP contribution in [0.2, 0.25) is 0 Å². The van der Waals surface area contributed by atoms with Crippen molar-refractivity contribution in [2.45, 2.75) is 86.6 Å². The van der Waals surface area contributed by atoms with Gasteiger partial charge in [-0.15, -0.1) is 0 Å². The van der Waals surface area contributed by atoms with Gasteiger partial charge in [0.25, 0.3) is 0 Å². The van der Waals surface area contributed by atoms with Gasteiger partial charge in [-0.25, -0.2) is 0 Å². The van der Waals surface area contributed by atoms with Crippen LogP contribution in [-0.4, -0.2) is 36.1 Å². The van der Waals surface area contributed by atoms with Crippen molar-refractivity contribution in [3.8, 4) is 0 Å². The second-order valence-corrected chi connectivity index (χ2v) is 11.8. The van der Waals surface area contributed by atoms with Crippen LogP contribution in [0, 0.1) is 20.8 Å². The summed E-state index contributed by atoms with van der Waals surface area (Å²) in [6.45, 7) is 24.9. The Morgan fingerprint density at radius 2 is 1.22 bits per heavy atom. The molecule has 0 aliphatic carbocycles. The monoisotopic (exact) mass is 731 g/mol. The van der Waals surface area contributed by atoms with Crippen LogP contribution in [0.5, 0.6) is 0 Å². The van der Waals surface area contributed by atoms with E-state index >= 15 is 0 Å². The van der Waals surface area contributed by atoms with Crippen LogP contribution >= 0.6 is 0 Å². The molecule has 1 radical (unpaired) electrons. The standard InChI is InChI=1S/C34H50N4.2BrH.Co/c1-23(2)29-20-31(24(3)4)34(32(21-29)25(5)6)37-15-17-38(22-30-12-10-11-13-35-30)16-14-36-33-27(8)18-26(7)19-28(33)9;;;/h10-13,18-21,23-25,36-37H,14-17,22H2,1-9H3;2*1H;/q;;;+2/p-2. The van der Waals surface area contributed by atoms with Crippen LogP contribution in [0.1, 0.15) is 98.4 Å². The molecule has 0 aliphatic heterocycles. The Kier molecular flexibility index (Phi) is 18.4. The quantitative estimate of drug-likeness (QED) is 0.284. The molecule has 2 N–H and O–H groups in total. The summed E-state index contributed by atoms with van der Waals surface area (Å²) in [4.78, 5) is 7.11. The molecule has 7 heteroatoms. The van der Waals surface area contributed by atoms with E-state index in [1.807, 2.05) is 12.3 Å². The maximum atomic E-state index is 4.61. The maximum absolute atomic E-state index is 4.61. The summed E-state index contributed by atoms with van der Waals surface area (Å²) in [5.74, 6) is 1.48. The van der Waals surface area contributed by atoms with E-state index in [0.717, 1.165) is 38.4 Å². The van der Waals surface area contributed by atoms with Crippen molar-refractivity contribution in [1.29, 1.82) is 0 Å². The summed E-state index contributed by atoms with van der Waals surface area (Å²) >= 11 is 0. The molecule has 1 aromatic heterocycles. The van der Waals surface area contributed by atoms with Crippen molar-refractivity contribution in [2.24, 2.45) is 0 Å². The van der Waals surface area contributed by atoms with E-state index in [1.54, 1.807) is 0 Å². The van der Waals surface area contributed by atoms with Gasteiger partial charge in [0.2, 0.25) is 0 Å². The minimum atomic E-state index is 0. The van der Waals surface area contributed by atoms with Gasteiger partial charge < -0.3 is 44.6 Å². The SMILES string of the molecule is Cc1cc(C)c(NCCN(CCNc2c(C(C)C)cc(C(C)C)cc2C(C)C)Cc2ccccn2)c(C)c1.[Br-].[Br-].[Co+2]. The van der Waals surface area contributed by atoms with Crippen molar-refractivity contribution < 1.29 is 50.7 Å². The first-order valence-electron chi connectivity index (χ1n) is 14.4. The zero-order valence-electron chi connectivity index (χ0n) is 26.4. The van der Waals surface area contributed by atoms with E-state index < -0.39 is 0 Å². The molecule has 0 spiro atoms. The topological polar surface area (TPSA) is 40.2 Å². The number of anilines is 2. The Labute approximate surface area is 281 Å². The first kappa shape index (κ1) is 39.6. The number of halogens is 2. The van der Waals surface area contributed by atoms with Gasteiger partial charge in [-0.05, 0) is 78.5 Å². The molecular weight excluding hydrogens is 683 g/mol. The fourth-order valence-corrected chi connectivity index (χ4v) is 5.29. The molecule has 0 unspecified atom stereocenters. The van der Waals surface area contributed by atoms with E-state index in [1.165, 1.54) is 44.8 Å². The van der Waals surface area contributed by atoms with Gasteiger partial charge in [-0.1, -0.05) is 77.4 Å². The van der Waals surface area contributed by atoms with E-state index in [9.17, 15) is 0 Å². The van der Waals surface area contributed by atoms with Gasteiger partial charge in [0.15, 0.2) is 0 Å². The average molecular weight is 734 g/mol. The van der Waals surface area contributed by atoms with Gasteiger partial charge in [0.05, 0.1) is 5.69 Å². The van der Waals surface area contributed by atoms with Crippen LogP contribution in [0.3, 0.4) is 0 Å². The van der Waals surface area contributed by atoms with Crippen LogP contribution in [-0.2, 0) is 23.3 Å². The Morgan fingerprint density at radius 1 is 0.707 bits per heavy atom. The molecule has 0 atom stereocenters. The number of rotatable bonds is 13. The summed E-state index contributed by atoms with van der Waals surface area (Å²) in [6, 6.07) is 15.6. The fourth-order valence-electron chi connectivity index (χ4n) is 5.29. The third-order valence-corrected chi connectivity index (χ3v) is 7.38. The number of aromatic nitrogens is 1. The molecule has 3 rings (SSSR count). The van der Waals surface area contributed by atoms with E-state index in [4.69, 9.17) is 0 Å². The average Bonchev–Trinajstić information content (AvgIpc) is 2.85. The Bertz CT molecular complexity index is 1130. The van der Waals surface area contributed by atoms with Gasteiger partial charge in [-0.2, -0.15) is 0 Å². The normalized spacial score (nSPS) is 10.9. The van der Waals surface area contributed by atoms with Crippen molar-refractivity contribution in [3.63, 3.8) is 0 Å². The summed E-state index contributed by atoms with van der Waals surface area (Å²) in [6.07, 6.45) is 1.89. The molecule has 0 fully saturated rings. The molecule has 0 saturated heterocycles. The molecule has 0 saturated carbocycles. The summed E-state index contributed by atoms with van der Waals surface area (Å²) in [7, 11) is 0. The zero-order chi connectivity index (χ0) is 27.8. The number of aryl methyl sites for hydroxylation is 3. The van der Waals surface area contributed by atoms with Crippen molar-refractivity contribution >= 4 is 11.4 Å². The molecule has 0 aliphatic rings. The van der Waals surface area contributed by atoms with Gasteiger partial charge in [0.1, 0.15) is 0 Å². The third kappa shape index (κ3) is 11.7. The minimum Gasteiger partial charge on any atom is -1.00 e. The van der Waals surface area contributed by atoms with Crippen molar-refractivity contribution in [3.05, 3.63) is 87.7 Å². The van der Waals surface area contributed by atoms with Crippen molar-refractivity contribution in [1.82, 2.24) is 9.88 Å². The Hall–Kier alpha value is -1.38. The number of hydrogen-bond donors (Lipinski definition) is 2. The molecule has 3 aromatic rings. The van der Waals surface area contributed by atoms with Crippen molar-refractivity contribution in [2.75, 3.05) is 36.8 Å². The first-order chi connectivity index (χ1) is 18.1. The van der Waals surface area contributed by atoms with Crippen LogP contribution in [0.25, 0.3) is 0 Å². The predicted molar refractivity (Wildman–Crippen MR) is 166 cm³/mol. The zero-order valence-corrected chi connectivity index (χ0v) is 30.6. The van der Waals surface area contributed by atoms with E-state index in [0.29, 0.717) is 17.8 Å². The minimum absolute atomic E-state index is 0. The second kappa shape index (κ2) is 19.0. The first-order valence-corrected chi connectivity index (χ1v) is 14.4. The molecule has 1 heterocycles. The molecule has 41 heavy (non-hydrogen) atoms. The molecule has 0 amide bonds. The number of nitrogens with one attached hydrogen (secondary N) is 2. The van der Waals surface area contributed by atoms with Gasteiger partial charge >= 0.3 is 16.8 Å². The van der Waals surface area contributed by atoms with Crippen LogP contribution < -0.4 is 44.6 Å². The van der Waals surface area contributed by atoms with Gasteiger partial charge in [-0.3, -0.25) is 9.88 Å². The fraction of sp³-hybridized carbons (Fsp3) is 0.500. The van der Waals surface area contributed by atoms with Crippen LogP contribution in [0.15, 0.2) is 48.7 Å². The van der Waals surface area contributed by atoms with E-state index in [2.05, 4.69) is 119 Å². The smallest absolute Gasteiger partial charge is 1.00 e. The van der Waals surface area contributed by atoms with Gasteiger partial charge in [0, 0.05) is 50.3 Å². The molecule has 229 valence electrons. The summed E-state index contributed by atoms with van der Waals surface area (Å²) in [5.41, 5.74) is 12.0. The largest absolute Gasteiger partial charge is 2.00 e. The summed E-state index contributed by atoms with van der Waals surface area (Å²) < 4.78 is 0. The number of hydrogen-bond acceptors (Lipinski definition) is 4. The molecular formula is C34H50Br2CoN4. The number of pyridine rings is 1.